The number of rotatable bonds is 4. The molecule has 2 atom stereocenters. The van der Waals surface area contributed by atoms with E-state index in [4.69, 9.17) is 9.47 Å². The third-order valence-corrected chi connectivity index (χ3v) is 7.36. The number of para-hydroxylation sites is 1. The molecule has 1 fully saturated rings. The van der Waals surface area contributed by atoms with E-state index in [0.29, 0.717) is 49.9 Å². The molecule has 0 aliphatic carbocycles. The van der Waals surface area contributed by atoms with E-state index in [0.717, 1.165) is 38.1 Å². The minimum absolute atomic E-state index is 0.0348. The molecule has 0 spiro atoms. The minimum Gasteiger partial charge on any atom is -0.485 e. The largest absolute Gasteiger partial charge is 0.485 e. The summed E-state index contributed by atoms with van der Waals surface area (Å²) in [5, 5.41) is 0. The second-order valence-corrected chi connectivity index (χ2v) is 10.6. The number of hydrogen-bond donors (Lipinski definition) is 0. The molecular formula is C29H42N4O4. The number of amides is 2. The summed E-state index contributed by atoms with van der Waals surface area (Å²) in [4.78, 5) is 34.5. The maximum absolute atomic E-state index is 13.2. The van der Waals surface area contributed by atoms with E-state index in [-0.39, 0.29) is 24.0 Å². The molecule has 2 amide bonds. The summed E-state index contributed by atoms with van der Waals surface area (Å²) in [5.74, 6) is 1.90. The molecule has 0 saturated carbocycles. The summed E-state index contributed by atoms with van der Waals surface area (Å²) >= 11 is 0. The molecule has 0 N–H and O–H groups in total. The quantitative estimate of drug-likeness (QED) is 0.605. The van der Waals surface area contributed by atoms with Gasteiger partial charge in [-0.3, -0.25) is 9.59 Å². The zero-order chi connectivity index (χ0) is 26.2. The summed E-state index contributed by atoms with van der Waals surface area (Å²) < 4.78 is 14.8. The minimum atomic E-state index is -0.324. The van der Waals surface area contributed by atoms with Gasteiger partial charge in [-0.05, 0) is 25.0 Å². The van der Waals surface area contributed by atoms with E-state index in [9.17, 15) is 9.59 Å². The van der Waals surface area contributed by atoms with Crippen LogP contribution in [-0.4, -0.2) is 76.7 Å². The molecule has 3 heterocycles. The molecule has 2 aliphatic rings. The molecule has 0 bridgehead atoms. The van der Waals surface area contributed by atoms with E-state index >= 15 is 0 Å². The molecule has 1 aromatic heterocycles. The highest BCUT2D eigenvalue weighted by atomic mass is 16.5. The van der Waals surface area contributed by atoms with Gasteiger partial charge < -0.3 is 23.8 Å². The predicted molar refractivity (Wildman–Crippen MR) is 143 cm³/mol. The van der Waals surface area contributed by atoms with Crippen LogP contribution in [0.4, 0.5) is 0 Å². The first-order chi connectivity index (χ1) is 17.9. The Morgan fingerprint density at radius 2 is 1.78 bits per heavy atom. The Bertz CT molecular complexity index is 1040. The lowest BCUT2D eigenvalue weighted by Gasteiger charge is -2.24. The van der Waals surface area contributed by atoms with Crippen molar-refractivity contribution in [2.75, 3.05) is 33.3 Å². The van der Waals surface area contributed by atoms with Gasteiger partial charge >= 0.3 is 0 Å². The van der Waals surface area contributed by atoms with Gasteiger partial charge in [-0.1, -0.05) is 51.7 Å². The van der Waals surface area contributed by atoms with Crippen LogP contribution >= 0.6 is 0 Å². The second kappa shape index (κ2) is 13.1. The van der Waals surface area contributed by atoms with Crippen molar-refractivity contribution in [3.05, 3.63) is 48.0 Å². The highest BCUT2D eigenvalue weighted by Crippen LogP contribution is 2.26. The van der Waals surface area contributed by atoms with Crippen LogP contribution in [0.1, 0.15) is 80.9 Å². The average Bonchev–Trinajstić information content (AvgIpc) is 3.53. The van der Waals surface area contributed by atoms with Crippen LogP contribution < -0.4 is 4.74 Å². The lowest BCUT2D eigenvalue weighted by molar-refractivity contribution is -0.131. The number of ether oxygens (including phenoxy) is 2. The second-order valence-electron chi connectivity index (χ2n) is 10.6. The van der Waals surface area contributed by atoms with Crippen molar-refractivity contribution in [3.63, 3.8) is 0 Å². The Morgan fingerprint density at radius 1 is 1.05 bits per heavy atom. The fourth-order valence-corrected chi connectivity index (χ4v) is 5.21. The summed E-state index contributed by atoms with van der Waals surface area (Å²) in [6.45, 7) is 7.15. The molecule has 2 aliphatic heterocycles. The Kier molecular flexibility index (Phi) is 9.61. The predicted octanol–water partition coefficient (Wildman–Crippen LogP) is 4.50. The first kappa shape index (κ1) is 27.2. The fourth-order valence-electron chi connectivity index (χ4n) is 5.21. The lowest BCUT2D eigenvalue weighted by atomic mass is 10.1. The van der Waals surface area contributed by atoms with E-state index in [2.05, 4.69) is 23.4 Å². The number of hydrogen-bond acceptors (Lipinski definition) is 5. The van der Waals surface area contributed by atoms with Crippen molar-refractivity contribution < 1.29 is 19.1 Å². The van der Waals surface area contributed by atoms with Gasteiger partial charge in [0.1, 0.15) is 23.8 Å². The number of likely N-dealkylation sites (tertiary alicyclic amines) is 1. The third-order valence-electron chi connectivity index (χ3n) is 7.36. The topological polar surface area (TPSA) is 76.9 Å². The number of benzene rings is 1. The average molecular weight is 511 g/mol. The van der Waals surface area contributed by atoms with Gasteiger partial charge in [-0.2, -0.15) is 0 Å². The standard InChI is InChI=1S/C29H42N4O4/c1-22(2)28-30-15-18-32(28)17-14-27(34)33-20-25-26(21-33)37-24-13-9-8-12-23(24)29(35)31(3)16-10-6-4-5-7-11-19-36-25/h8-9,12-13,15,18,22,25-26H,4-7,10-11,14,16-17,19-21H2,1-3H3/t25-,26-/m1/s1. The maximum Gasteiger partial charge on any atom is 0.257 e. The molecule has 2 aromatic rings. The molecule has 8 nitrogen and oxygen atoms in total. The first-order valence-corrected chi connectivity index (χ1v) is 13.9. The number of nitrogens with zero attached hydrogens (tertiary/aromatic N) is 4. The molecule has 8 heteroatoms. The normalized spacial score (nSPS) is 22.0. The Morgan fingerprint density at radius 3 is 2.59 bits per heavy atom. The van der Waals surface area contributed by atoms with Crippen molar-refractivity contribution in [2.24, 2.45) is 0 Å². The smallest absolute Gasteiger partial charge is 0.257 e. The van der Waals surface area contributed by atoms with Gasteiger partial charge in [0.05, 0.1) is 18.7 Å². The zero-order valence-corrected chi connectivity index (χ0v) is 22.6. The van der Waals surface area contributed by atoms with Gasteiger partial charge in [0.25, 0.3) is 5.91 Å². The SMILES string of the molecule is CC(C)c1nccn1CCC(=O)N1C[C@H]2OCCCCCCCCN(C)C(=O)c3ccccc3O[C@@H]2C1. The number of aryl methyl sites for hydroxylation is 1. The number of aromatic nitrogens is 2. The van der Waals surface area contributed by atoms with Crippen molar-refractivity contribution in [2.45, 2.75) is 83.5 Å². The van der Waals surface area contributed by atoms with Crippen molar-refractivity contribution in [1.29, 1.82) is 0 Å². The van der Waals surface area contributed by atoms with Crippen molar-refractivity contribution in [1.82, 2.24) is 19.4 Å². The number of imidazole rings is 1. The fraction of sp³-hybridized carbons (Fsp3) is 0.621. The maximum atomic E-state index is 13.2. The summed E-state index contributed by atoms with van der Waals surface area (Å²) in [7, 11) is 1.86. The lowest BCUT2D eigenvalue weighted by Crippen LogP contribution is -2.34. The van der Waals surface area contributed by atoms with Gasteiger partial charge in [0.2, 0.25) is 5.91 Å². The van der Waals surface area contributed by atoms with Crippen LogP contribution in [0, 0.1) is 0 Å². The van der Waals surface area contributed by atoms with Crippen LogP contribution in [-0.2, 0) is 16.1 Å². The monoisotopic (exact) mass is 510 g/mol. The zero-order valence-electron chi connectivity index (χ0n) is 22.6. The highest BCUT2D eigenvalue weighted by molar-refractivity contribution is 5.96. The van der Waals surface area contributed by atoms with E-state index < -0.39 is 0 Å². The molecule has 0 unspecified atom stereocenters. The molecule has 1 aromatic carbocycles. The third kappa shape index (κ3) is 7.12. The van der Waals surface area contributed by atoms with Gasteiger partial charge in [-0.15, -0.1) is 0 Å². The van der Waals surface area contributed by atoms with Crippen molar-refractivity contribution in [3.8, 4) is 5.75 Å². The molecule has 1 saturated heterocycles. The number of carbonyl (C=O) groups is 2. The molecule has 0 radical (unpaired) electrons. The van der Waals surface area contributed by atoms with Crippen LogP contribution in [0.2, 0.25) is 0 Å². The van der Waals surface area contributed by atoms with Gasteiger partial charge in [0.15, 0.2) is 0 Å². The number of carbonyl (C=O) groups excluding carboxylic acids is 2. The van der Waals surface area contributed by atoms with E-state index in [1.807, 2.05) is 42.4 Å². The van der Waals surface area contributed by atoms with E-state index in [1.165, 1.54) is 12.8 Å². The highest BCUT2D eigenvalue weighted by Gasteiger charge is 2.38. The Hall–Kier alpha value is -2.87. The van der Waals surface area contributed by atoms with Crippen LogP contribution in [0.15, 0.2) is 36.7 Å². The number of fused-ring (bicyclic) bond motifs is 2. The Labute approximate surface area is 220 Å². The Balaban J connectivity index is 1.47. The van der Waals surface area contributed by atoms with Crippen LogP contribution in [0.25, 0.3) is 0 Å². The summed E-state index contributed by atoms with van der Waals surface area (Å²) in [5.41, 5.74) is 0.557. The molecule has 202 valence electrons. The first-order valence-electron chi connectivity index (χ1n) is 13.9. The van der Waals surface area contributed by atoms with Gasteiger partial charge in [0, 0.05) is 51.5 Å². The van der Waals surface area contributed by atoms with Gasteiger partial charge in [-0.25, -0.2) is 4.98 Å². The summed E-state index contributed by atoms with van der Waals surface area (Å²) in [6, 6.07) is 7.42. The summed E-state index contributed by atoms with van der Waals surface area (Å²) in [6.07, 6.45) is 10.2. The molecule has 37 heavy (non-hydrogen) atoms. The van der Waals surface area contributed by atoms with Crippen LogP contribution in [0.5, 0.6) is 5.75 Å². The van der Waals surface area contributed by atoms with Crippen LogP contribution in [0.3, 0.4) is 0 Å². The van der Waals surface area contributed by atoms with Crippen molar-refractivity contribution >= 4 is 11.8 Å². The molecule has 4 rings (SSSR count). The molecular weight excluding hydrogens is 468 g/mol. The van der Waals surface area contributed by atoms with E-state index in [1.54, 1.807) is 11.1 Å².